The Labute approximate surface area is 150 Å². The molecular formula is C21H17N3S. The molecule has 0 unspecified atom stereocenters. The lowest BCUT2D eigenvalue weighted by molar-refractivity contribution is 0.820. The maximum Gasteiger partial charge on any atom is 0.113 e. The molecule has 0 bridgehead atoms. The lowest BCUT2D eigenvalue weighted by Crippen LogP contribution is -2.04. The summed E-state index contributed by atoms with van der Waals surface area (Å²) in [5.41, 5.74) is 8.38. The van der Waals surface area contributed by atoms with Gasteiger partial charge in [-0.15, -0.1) is 16.4 Å². The van der Waals surface area contributed by atoms with Crippen LogP contribution in [0.4, 0.5) is 0 Å². The van der Waals surface area contributed by atoms with Crippen LogP contribution in [0.25, 0.3) is 32.7 Å². The number of nitrogens with zero attached hydrogens (tertiary/aromatic N) is 3. The highest BCUT2D eigenvalue weighted by Gasteiger charge is 2.20. The van der Waals surface area contributed by atoms with Crippen molar-refractivity contribution >= 4 is 27.9 Å². The number of fused-ring (bicyclic) bond motifs is 4. The minimum atomic E-state index is 0.923. The molecule has 0 atom stereocenters. The van der Waals surface area contributed by atoms with Crippen molar-refractivity contribution < 1.29 is 0 Å². The number of aryl methyl sites for hydroxylation is 2. The Hall–Kier alpha value is -2.72. The molecule has 4 aromatic rings. The number of thiophene rings is 1. The van der Waals surface area contributed by atoms with Crippen molar-refractivity contribution in [1.82, 2.24) is 15.0 Å². The number of para-hydroxylation sites is 1. The van der Waals surface area contributed by atoms with Crippen molar-refractivity contribution in [3.63, 3.8) is 0 Å². The van der Waals surface area contributed by atoms with Crippen molar-refractivity contribution in [3.8, 4) is 16.1 Å². The van der Waals surface area contributed by atoms with Crippen LogP contribution in [0, 0.1) is 0 Å². The Morgan fingerprint density at radius 3 is 2.80 bits per heavy atom. The van der Waals surface area contributed by atoms with E-state index in [-0.39, 0.29) is 0 Å². The molecule has 0 N–H and O–H groups in total. The molecule has 5 rings (SSSR count). The van der Waals surface area contributed by atoms with Gasteiger partial charge in [0.25, 0.3) is 0 Å². The van der Waals surface area contributed by atoms with Crippen LogP contribution in [0.2, 0.25) is 0 Å². The first-order valence-electron chi connectivity index (χ1n) is 8.43. The van der Waals surface area contributed by atoms with Gasteiger partial charge in [0.15, 0.2) is 0 Å². The smallest absolute Gasteiger partial charge is 0.113 e. The van der Waals surface area contributed by atoms with Gasteiger partial charge in [-0.25, -0.2) is 4.68 Å². The minimum Gasteiger partial charge on any atom is -0.213 e. The van der Waals surface area contributed by atoms with E-state index >= 15 is 0 Å². The van der Waals surface area contributed by atoms with E-state index in [2.05, 4.69) is 54.1 Å². The molecule has 0 spiro atoms. The first kappa shape index (κ1) is 14.6. The largest absolute Gasteiger partial charge is 0.213 e. The van der Waals surface area contributed by atoms with E-state index < -0.39 is 0 Å². The zero-order valence-corrected chi connectivity index (χ0v) is 14.8. The molecule has 0 radical (unpaired) electrons. The van der Waals surface area contributed by atoms with Crippen LogP contribution in [0.5, 0.6) is 0 Å². The summed E-state index contributed by atoms with van der Waals surface area (Å²) in [6.07, 6.45) is 2.16. The van der Waals surface area contributed by atoms with Gasteiger partial charge in [0.1, 0.15) is 5.52 Å². The summed E-state index contributed by atoms with van der Waals surface area (Å²) in [5.74, 6) is 0. The summed E-state index contributed by atoms with van der Waals surface area (Å²) in [6, 6.07) is 17.0. The molecule has 3 nitrogen and oxygen atoms in total. The van der Waals surface area contributed by atoms with Gasteiger partial charge in [-0.1, -0.05) is 30.0 Å². The van der Waals surface area contributed by atoms with Crippen LogP contribution in [0.1, 0.15) is 22.9 Å². The Kier molecular flexibility index (Phi) is 3.15. The van der Waals surface area contributed by atoms with E-state index in [1.807, 2.05) is 34.2 Å². The van der Waals surface area contributed by atoms with Crippen molar-refractivity contribution in [2.75, 3.05) is 0 Å². The lowest BCUT2D eigenvalue weighted by atomic mass is 9.91. The topological polar surface area (TPSA) is 30.7 Å². The minimum absolute atomic E-state index is 0.923. The maximum atomic E-state index is 4.34. The van der Waals surface area contributed by atoms with Gasteiger partial charge in [-0.05, 0) is 72.4 Å². The van der Waals surface area contributed by atoms with Crippen molar-refractivity contribution in [3.05, 3.63) is 71.1 Å². The molecular weight excluding hydrogens is 326 g/mol. The second-order valence-electron chi connectivity index (χ2n) is 6.58. The Bertz CT molecular complexity index is 1130. The van der Waals surface area contributed by atoms with Gasteiger partial charge >= 0.3 is 0 Å². The molecule has 2 aromatic heterocycles. The van der Waals surface area contributed by atoms with Crippen molar-refractivity contribution in [1.29, 1.82) is 0 Å². The Morgan fingerprint density at radius 2 is 1.92 bits per heavy atom. The predicted octanol–water partition coefficient (Wildman–Crippen LogP) is 5.28. The molecule has 1 aliphatic rings. The van der Waals surface area contributed by atoms with Gasteiger partial charge < -0.3 is 0 Å². The van der Waals surface area contributed by atoms with E-state index in [0.29, 0.717) is 0 Å². The molecule has 0 saturated carbocycles. The van der Waals surface area contributed by atoms with E-state index in [4.69, 9.17) is 0 Å². The third-order valence-electron chi connectivity index (χ3n) is 4.82. The fourth-order valence-corrected chi connectivity index (χ4v) is 4.72. The fraction of sp³-hybridized carbons (Fsp3) is 0.143. The Balaban J connectivity index is 1.64. The van der Waals surface area contributed by atoms with E-state index in [0.717, 1.165) is 35.1 Å². The number of rotatable bonds is 2. The molecule has 2 heterocycles. The van der Waals surface area contributed by atoms with Crippen LogP contribution in [0.15, 0.2) is 55.1 Å². The molecule has 0 fully saturated rings. The molecule has 0 aliphatic heterocycles. The fourth-order valence-electron chi connectivity index (χ4n) is 3.52. The maximum absolute atomic E-state index is 4.34. The van der Waals surface area contributed by atoms with Gasteiger partial charge in [-0.2, -0.15) is 0 Å². The molecule has 2 aromatic carbocycles. The normalized spacial score (nSPS) is 12.8. The first-order valence-corrected chi connectivity index (χ1v) is 9.25. The number of hydrogen-bond acceptors (Lipinski definition) is 3. The van der Waals surface area contributed by atoms with Crippen LogP contribution in [-0.2, 0) is 12.8 Å². The first-order chi connectivity index (χ1) is 12.2. The van der Waals surface area contributed by atoms with Crippen LogP contribution in [0.3, 0.4) is 0 Å². The van der Waals surface area contributed by atoms with E-state index in [1.54, 1.807) is 0 Å². The molecule has 0 saturated heterocycles. The zero-order chi connectivity index (χ0) is 17.0. The second-order valence-corrected chi connectivity index (χ2v) is 7.63. The highest BCUT2D eigenvalue weighted by Crippen LogP contribution is 2.41. The number of allylic oxidation sites excluding steroid dienone is 1. The monoisotopic (exact) mass is 343 g/mol. The Morgan fingerprint density at radius 1 is 1.08 bits per heavy atom. The van der Waals surface area contributed by atoms with Crippen LogP contribution >= 0.6 is 11.3 Å². The highest BCUT2D eigenvalue weighted by atomic mass is 32.1. The summed E-state index contributed by atoms with van der Waals surface area (Å²) in [5, 5.41) is 8.61. The average molecular weight is 343 g/mol. The summed E-state index contributed by atoms with van der Waals surface area (Å²) in [4.78, 5) is 2.69. The standard InChI is InChI=1S/C21H17N3S/c1-13(2)20-12-15-8-7-14-11-16(9-10-17(14)21(15)25-20)24-19-6-4-3-5-18(19)22-23-24/h3-6,9-12H,1,7-8H2,2H3. The predicted molar refractivity (Wildman–Crippen MR) is 104 cm³/mol. The van der Waals surface area contributed by atoms with Crippen LogP contribution in [-0.4, -0.2) is 15.0 Å². The van der Waals surface area contributed by atoms with Crippen molar-refractivity contribution in [2.45, 2.75) is 19.8 Å². The van der Waals surface area contributed by atoms with Crippen molar-refractivity contribution in [2.24, 2.45) is 0 Å². The summed E-state index contributed by atoms with van der Waals surface area (Å²) >= 11 is 1.86. The van der Waals surface area contributed by atoms with Gasteiger partial charge in [0.05, 0.1) is 11.2 Å². The zero-order valence-electron chi connectivity index (χ0n) is 14.0. The number of hydrogen-bond donors (Lipinski definition) is 0. The van der Waals surface area contributed by atoms with E-state index in [1.165, 1.54) is 26.4 Å². The molecule has 122 valence electrons. The number of aromatic nitrogens is 3. The molecule has 0 amide bonds. The highest BCUT2D eigenvalue weighted by molar-refractivity contribution is 7.16. The van der Waals surface area contributed by atoms with E-state index in [9.17, 15) is 0 Å². The lowest BCUT2D eigenvalue weighted by Gasteiger charge is -2.17. The average Bonchev–Trinajstić information content (AvgIpc) is 3.25. The quantitative estimate of drug-likeness (QED) is 0.496. The second kappa shape index (κ2) is 5.39. The SMILES string of the molecule is C=C(C)c1cc2c(s1)-c1ccc(-n3nnc4ccccc43)cc1CC2. The summed E-state index contributed by atoms with van der Waals surface area (Å²) in [7, 11) is 0. The third kappa shape index (κ3) is 2.25. The summed E-state index contributed by atoms with van der Waals surface area (Å²) in [6.45, 7) is 6.17. The molecule has 4 heteroatoms. The number of benzene rings is 2. The molecule has 25 heavy (non-hydrogen) atoms. The van der Waals surface area contributed by atoms with Crippen LogP contribution < -0.4 is 0 Å². The van der Waals surface area contributed by atoms with Gasteiger partial charge in [-0.3, -0.25) is 0 Å². The third-order valence-corrected chi connectivity index (χ3v) is 6.20. The summed E-state index contributed by atoms with van der Waals surface area (Å²) < 4.78 is 1.93. The van der Waals surface area contributed by atoms with Gasteiger partial charge in [0.2, 0.25) is 0 Å². The molecule has 1 aliphatic carbocycles. The van der Waals surface area contributed by atoms with Gasteiger partial charge in [0, 0.05) is 9.75 Å².